The first-order valence-electron chi connectivity index (χ1n) is 11.1. The van der Waals surface area contributed by atoms with Gasteiger partial charge in [-0.3, -0.25) is 0 Å². The number of fused-ring (bicyclic) bond motifs is 1. The maximum atomic E-state index is 12.4. The van der Waals surface area contributed by atoms with E-state index < -0.39 is 11.2 Å². The van der Waals surface area contributed by atoms with Crippen LogP contribution in [0.2, 0.25) is 0 Å². The fourth-order valence-corrected chi connectivity index (χ4v) is 3.82. The van der Waals surface area contributed by atoms with Gasteiger partial charge in [0.05, 0.1) is 6.04 Å². The number of amides is 2. The second-order valence-corrected chi connectivity index (χ2v) is 10.3. The van der Waals surface area contributed by atoms with Crippen molar-refractivity contribution in [3.05, 3.63) is 23.4 Å². The molecule has 8 heteroatoms. The standard InChI is InChI=1S/C23H36N4O4/c1-22(2,3)30-20(28)24-17-10-13-27(15-17)19-8-7-16-9-12-26(14-11-18(16)25-19)21(29)31-23(4,5)6/h7-8,17H,9-15H2,1-6H3,(H,24,28)/t17-/m1/s1. The Balaban J connectivity index is 1.58. The average Bonchev–Trinajstić information content (AvgIpc) is 2.96. The summed E-state index contributed by atoms with van der Waals surface area (Å²) in [6.07, 6.45) is 1.68. The number of nitrogens with zero attached hydrogens (tertiary/aromatic N) is 3. The minimum atomic E-state index is -0.506. The van der Waals surface area contributed by atoms with Crippen molar-refractivity contribution < 1.29 is 19.1 Å². The van der Waals surface area contributed by atoms with Gasteiger partial charge in [0, 0.05) is 38.3 Å². The SMILES string of the molecule is CC(C)(C)OC(=O)N[C@@H]1CCN(c2ccc3c(n2)CCN(C(=O)OC(C)(C)C)CC3)C1. The van der Waals surface area contributed by atoms with Crippen molar-refractivity contribution in [1.29, 1.82) is 0 Å². The molecule has 0 radical (unpaired) electrons. The second-order valence-electron chi connectivity index (χ2n) is 10.3. The van der Waals surface area contributed by atoms with Gasteiger partial charge in [-0.25, -0.2) is 14.6 Å². The van der Waals surface area contributed by atoms with Crippen molar-refractivity contribution in [3.63, 3.8) is 0 Å². The molecule has 1 aromatic rings. The van der Waals surface area contributed by atoms with E-state index in [2.05, 4.69) is 16.3 Å². The highest BCUT2D eigenvalue weighted by atomic mass is 16.6. The predicted molar refractivity (Wildman–Crippen MR) is 119 cm³/mol. The summed E-state index contributed by atoms with van der Waals surface area (Å²) in [6.45, 7) is 14.0. The first kappa shape index (κ1) is 23.2. The lowest BCUT2D eigenvalue weighted by Crippen LogP contribution is -2.40. The summed E-state index contributed by atoms with van der Waals surface area (Å²) in [4.78, 5) is 33.3. The molecule has 1 saturated heterocycles. The lowest BCUT2D eigenvalue weighted by atomic mass is 10.1. The highest BCUT2D eigenvalue weighted by Crippen LogP contribution is 2.23. The van der Waals surface area contributed by atoms with Gasteiger partial charge in [-0.2, -0.15) is 0 Å². The fraction of sp³-hybridized carbons (Fsp3) is 0.696. The molecule has 2 amide bonds. The summed E-state index contributed by atoms with van der Waals surface area (Å²) < 4.78 is 10.9. The molecule has 0 aromatic carbocycles. The third-order valence-corrected chi connectivity index (χ3v) is 5.21. The minimum absolute atomic E-state index is 0.0399. The minimum Gasteiger partial charge on any atom is -0.444 e. The van der Waals surface area contributed by atoms with Gasteiger partial charge in [-0.1, -0.05) is 6.07 Å². The van der Waals surface area contributed by atoms with Crippen LogP contribution >= 0.6 is 0 Å². The van der Waals surface area contributed by atoms with Gasteiger partial charge in [0.25, 0.3) is 0 Å². The second kappa shape index (κ2) is 8.93. The number of nitrogens with one attached hydrogen (secondary N) is 1. The Morgan fingerprint density at radius 3 is 2.35 bits per heavy atom. The van der Waals surface area contributed by atoms with Crippen LogP contribution in [0.25, 0.3) is 0 Å². The lowest BCUT2D eigenvalue weighted by Gasteiger charge is -2.26. The molecule has 8 nitrogen and oxygen atoms in total. The van der Waals surface area contributed by atoms with Gasteiger partial charge < -0.3 is 24.6 Å². The highest BCUT2D eigenvalue weighted by molar-refractivity contribution is 5.69. The third kappa shape index (κ3) is 6.74. The normalized spacial score (nSPS) is 19.5. The zero-order chi connectivity index (χ0) is 22.8. The van der Waals surface area contributed by atoms with E-state index in [1.165, 1.54) is 5.56 Å². The third-order valence-electron chi connectivity index (χ3n) is 5.21. The molecule has 0 spiro atoms. The molecule has 0 bridgehead atoms. The molecule has 2 aliphatic rings. The molecular weight excluding hydrogens is 396 g/mol. The number of pyridine rings is 1. The number of rotatable bonds is 2. The quantitative estimate of drug-likeness (QED) is 0.770. The van der Waals surface area contributed by atoms with Crippen molar-refractivity contribution in [2.75, 3.05) is 31.1 Å². The van der Waals surface area contributed by atoms with Gasteiger partial charge in [0.2, 0.25) is 0 Å². The topological polar surface area (TPSA) is 84.0 Å². The monoisotopic (exact) mass is 432 g/mol. The number of aromatic nitrogens is 1. The number of alkyl carbamates (subject to hydrolysis) is 1. The Hall–Kier alpha value is -2.51. The molecule has 1 aromatic heterocycles. The van der Waals surface area contributed by atoms with Gasteiger partial charge in [0.15, 0.2) is 0 Å². The van der Waals surface area contributed by atoms with E-state index in [-0.39, 0.29) is 18.2 Å². The smallest absolute Gasteiger partial charge is 0.410 e. The van der Waals surface area contributed by atoms with Gasteiger partial charge >= 0.3 is 12.2 Å². The molecule has 0 unspecified atom stereocenters. The Morgan fingerprint density at radius 1 is 1.00 bits per heavy atom. The maximum absolute atomic E-state index is 12.4. The molecular formula is C23H36N4O4. The molecule has 0 saturated carbocycles. The Bertz CT molecular complexity index is 813. The van der Waals surface area contributed by atoms with E-state index in [1.807, 2.05) is 47.6 Å². The van der Waals surface area contributed by atoms with Gasteiger partial charge in [-0.15, -0.1) is 0 Å². The highest BCUT2D eigenvalue weighted by Gasteiger charge is 2.28. The van der Waals surface area contributed by atoms with E-state index >= 15 is 0 Å². The Morgan fingerprint density at radius 2 is 1.68 bits per heavy atom. The molecule has 172 valence electrons. The zero-order valence-corrected chi connectivity index (χ0v) is 19.7. The van der Waals surface area contributed by atoms with Crippen LogP contribution in [0.5, 0.6) is 0 Å². The van der Waals surface area contributed by atoms with Crippen molar-refractivity contribution >= 4 is 18.0 Å². The molecule has 3 rings (SSSR count). The van der Waals surface area contributed by atoms with Crippen LogP contribution in [0.1, 0.15) is 59.2 Å². The molecule has 1 atom stereocenters. The Kier molecular flexibility index (Phi) is 6.67. The molecule has 1 fully saturated rings. The van der Waals surface area contributed by atoms with Crippen LogP contribution in [-0.4, -0.2) is 65.5 Å². The Labute approximate surface area is 185 Å². The van der Waals surface area contributed by atoms with Crippen LogP contribution in [-0.2, 0) is 22.3 Å². The zero-order valence-electron chi connectivity index (χ0n) is 19.7. The van der Waals surface area contributed by atoms with Crippen molar-refractivity contribution in [2.45, 2.75) is 78.0 Å². The summed E-state index contributed by atoms with van der Waals surface area (Å²) in [5.74, 6) is 0.915. The molecule has 31 heavy (non-hydrogen) atoms. The van der Waals surface area contributed by atoms with Crippen LogP contribution in [0.15, 0.2) is 12.1 Å². The number of carbonyl (C=O) groups excluding carboxylic acids is 2. The van der Waals surface area contributed by atoms with Crippen LogP contribution < -0.4 is 10.2 Å². The number of carbonyl (C=O) groups is 2. The number of anilines is 1. The number of hydrogen-bond donors (Lipinski definition) is 1. The number of hydrogen-bond acceptors (Lipinski definition) is 6. The molecule has 3 heterocycles. The summed E-state index contributed by atoms with van der Waals surface area (Å²) in [7, 11) is 0. The molecule has 2 aliphatic heterocycles. The van der Waals surface area contributed by atoms with Crippen molar-refractivity contribution in [1.82, 2.24) is 15.2 Å². The fourth-order valence-electron chi connectivity index (χ4n) is 3.82. The largest absolute Gasteiger partial charge is 0.444 e. The average molecular weight is 433 g/mol. The van der Waals surface area contributed by atoms with Gasteiger partial charge in [-0.05, 0) is 66.0 Å². The number of ether oxygens (including phenoxy) is 2. The van der Waals surface area contributed by atoms with E-state index in [9.17, 15) is 9.59 Å². The summed E-state index contributed by atoms with van der Waals surface area (Å²) in [5, 5.41) is 2.96. The maximum Gasteiger partial charge on any atom is 0.410 e. The first-order valence-corrected chi connectivity index (χ1v) is 11.1. The summed E-state index contributed by atoms with van der Waals surface area (Å²) >= 11 is 0. The van der Waals surface area contributed by atoms with E-state index in [0.717, 1.165) is 30.9 Å². The van der Waals surface area contributed by atoms with Crippen LogP contribution in [0.4, 0.5) is 15.4 Å². The van der Waals surface area contributed by atoms with Crippen molar-refractivity contribution in [2.24, 2.45) is 0 Å². The van der Waals surface area contributed by atoms with Crippen LogP contribution in [0, 0.1) is 0 Å². The van der Waals surface area contributed by atoms with E-state index in [4.69, 9.17) is 14.5 Å². The molecule has 1 N–H and O–H groups in total. The van der Waals surface area contributed by atoms with Gasteiger partial charge in [0.1, 0.15) is 17.0 Å². The van der Waals surface area contributed by atoms with Crippen molar-refractivity contribution in [3.8, 4) is 0 Å². The van der Waals surface area contributed by atoms with E-state index in [0.29, 0.717) is 26.1 Å². The summed E-state index contributed by atoms with van der Waals surface area (Å²) in [6, 6.07) is 4.20. The van der Waals surface area contributed by atoms with Crippen LogP contribution in [0.3, 0.4) is 0 Å². The molecule has 0 aliphatic carbocycles. The predicted octanol–water partition coefficient (Wildman–Crippen LogP) is 3.52. The first-order chi connectivity index (χ1) is 14.4. The summed E-state index contributed by atoms with van der Waals surface area (Å²) in [5.41, 5.74) is 1.21. The van der Waals surface area contributed by atoms with E-state index in [1.54, 1.807) is 4.90 Å². The lowest BCUT2D eigenvalue weighted by molar-refractivity contribution is 0.0258.